The number of amides is 4. The van der Waals surface area contributed by atoms with Gasteiger partial charge in [0.2, 0.25) is 11.8 Å². The van der Waals surface area contributed by atoms with Gasteiger partial charge >= 0.3 is 0 Å². The summed E-state index contributed by atoms with van der Waals surface area (Å²) >= 11 is 0. The Bertz CT molecular complexity index is 841. The van der Waals surface area contributed by atoms with Crippen LogP contribution in [0.25, 0.3) is 0 Å². The first kappa shape index (κ1) is 22.1. The first-order valence-electron chi connectivity index (χ1n) is 10.4. The Balaban J connectivity index is 1.61. The third-order valence-electron chi connectivity index (χ3n) is 5.51. The summed E-state index contributed by atoms with van der Waals surface area (Å²) in [5.74, 6) is -1.93. The monoisotopic (exact) mass is 415 g/mol. The van der Waals surface area contributed by atoms with E-state index in [4.69, 9.17) is 5.73 Å². The summed E-state index contributed by atoms with van der Waals surface area (Å²) in [6, 6.07) is 4.23. The fourth-order valence-corrected chi connectivity index (χ4v) is 3.90. The highest BCUT2D eigenvalue weighted by Crippen LogP contribution is 2.29. The quantitative estimate of drug-likeness (QED) is 0.358. The number of hydrogen-bond acceptors (Lipinski definition) is 7. The zero-order valence-electron chi connectivity index (χ0n) is 17.3. The van der Waals surface area contributed by atoms with Gasteiger partial charge in [0.15, 0.2) is 0 Å². The molecule has 30 heavy (non-hydrogen) atoms. The van der Waals surface area contributed by atoms with E-state index >= 15 is 0 Å². The summed E-state index contributed by atoms with van der Waals surface area (Å²) in [6.45, 7) is 3.83. The second kappa shape index (κ2) is 9.92. The molecule has 2 aliphatic heterocycles. The van der Waals surface area contributed by atoms with Crippen molar-refractivity contribution in [2.45, 2.75) is 38.3 Å². The molecular formula is C21H29N5O4. The van der Waals surface area contributed by atoms with Crippen molar-refractivity contribution in [3.05, 3.63) is 34.9 Å². The molecule has 1 saturated heterocycles. The summed E-state index contributed by atoms with van der Waals surface area (Å²) in [7, 11) is 2.06. The predicted molar refractivity (Wildman–Crippen MR) is 111 cm³/mol. The Morgan fingerprint density at radius 2 is 1.93 bits per heavy atom. The molecular weight excluding hydrogens is 386 g/mol. The molecule has 162 valence electrons. The molecule has 1 aromatic carbocycles. The lowest BCUT2D eigenvalue weighted by Gasteiger charge is -2.27. The highest BCUT2D eigenvalue weighted by Gasteiger charge is 2.45. The zero-order valence-corrected chi connectivity index (χ0v) is 17.3. The Kier molecular flexibility index (Phi) is 7.30. The zero-order chi connectivity index (χ0) is 21.7. The number of benzene rings is 1. The number of rotatable bonds is 10. The average molecular weight is 415 g/mol. The van der Waals surface area contributed by atoms with Crippen LogP contribution in [0.3, 0.4) is 0 Å². The van der Waals surface area contributed by atoms with Gasteiger partial charge in [0.25, 0.3) is 11.8 Å². The Hall–Kier alpha value is -2.62. The molecule has 0 aliphatic carbocycles. The van der Waals surface area contributed by atoms with Crippen molar-refractivity contribution in [1.82, 2.24) is 20.4 Å². The van der Waals surface area contributed by atoms with Crippen molar-refractivity contribution in [2.75, 3.05) is 33.2 Å². The molecule has 0 bridgehead atoms. The van der Waals surface area contributed by atoms with Crippen LogP contribution in [0.4, 0.5) is 0 Å². The maximum atomic E-state index is 13.0. The van der Waals surface area contributed by atoms with Gasteiger partial charge < -0.3 is 16.0 Å². The average Bonchev–Trinajstić information content (AvgIpc) is 2.97. The van der Waals surface area contributed by atoms with Gasteiger partial charge in [-0.3, -0.25) is 29.4 Å². The van der Waals surface area contributed by atoms with E-state index in [1.165, 1.54) is 0 Å². The number of fused-ring (bicyclic) bond motifs is 1. The van der Waals surface area contributed by atoms with E-state index in [2.05, 4.69) is 22.6 Å². The second-order valence-electron chi connectivity index (χ2n) is 7.76. The molecule has 0 spiro atoms. The van der Waals surface area contributed by atoms with E-state index in [1.54, 1.807) is 12.1 Å². The molecule has 0 aromatic heterocycles. The summed E-state index contributed by atoms with van der Waals surface area (Å²) in [5, 5.41) is 5.54. The van der Waals surface area contributed by atoms with Crippen LogP contribution in [0.2, 0.25) is 0 Å². The molecule has 1 fully saturated rings. The lowest BCUT2D eigenvalue weighted by atomic mass is 10.0. The van der Waals surface area contributed by atoms with Crippen molar-refractivity contribution >= 4 is 23.6 Å². The minimum absolute atomic E-state index is 0.109. The molecule has 3 rings (SSSR count). The number of imide groups is 2. The first-order chi connectivity index (χ1) is 14.4. The molecule has 1 aromatic rings. The van der Waals surface area contributed by atoms with E-state index < -0.39 is 23.8 Å². The standard InChI is InChI=1S/C21H29N5O4/c1-25(11-3-9-22)12-4-10-23-13-14-5-2-6-15-18(14)21(30)26(20(15)29)16-7-8-17(27)24-19(16)28/h2,5-6,16,23H,3-4,7-13,22H2,1H3,(H,24,27,28). The topological polar surface area (TPSA) is 125 Å². The van der Waals surface area contributed by atoms with Crippen LogP contribution in [0.5, 0.6) is 0 Å². The van der Waals surface area contributed by atoms with Gasteiger partial charge in [-0.05, 0) is 64.1 Å². The van der Waals surface area contributed by atoms with Gasteiger partial charge in [0.1, 0.15) is 6.04 Å². The molecule has 4 N–H and O–H groups in total. The van der Waals surface area contributed by atoms with Crippen LogP contribution in [0.15, 0.2) is 18.2 Å². The second-order valence-corrected chi connectivity index (χ2v) is 7.76. The third kappa shape index (κ3) is 4.75. The van der Waals surface area contributed by atoms with Gasteiger partial charge in [0, 0.05) is 13.0 Å². The molecule has 2 aliphatic rings. The number of carbonyl (C=O) groups is 4. The van der Waals surface area contributed by atoms with Crippen molar-refractivity contribution in [3.63, 3.8) is 0 Å². The van der Waals surface area contributed by atoms with Crippen LogP contribution < -0.4 is 16.4 Å². The lowest BCUT2D eigenvalue weighted by Crippen LogP contribution is -2.54. The minimum Gasteiger partial charge on any atom is -0.330 e. The van der Waals surface area contributed by atoms with Crippen LogP contribution >= 0.6 is 0 Å². The van der Waals surface area contributed by atoms with Crippen LogP contribution in [0.1, 0.15) is 52.0 Å². The van der Waals surface area contributed by atoms with Crippen molar-refractivity contribution in [2.24, 2.45) is 5.73 Å². The van der Waals surface area contributed by atoms with E-state index in [1.807, 2.05) is 6.07 Å². The molecule has 9 nitrogen and oxygen atoms in total. The molecule has 9 heteroatoms. The number of nitrogens with one attached hydrogen (secondary N) is 2. The van der Waals surface area contributed by atoms with Gasteiger partial charge in [-0.15, -0.1) is 0 Å². The lowest BCUT2D eigenvalue weighted by molar-refractivity contribution is -0.136. The Morgan fingerprint density at radius 3 is 2.67 bits per heavy atom. The van der Waals surface area contributed by atoms with Crippen molar-refractivity contribution in [1.29, 1.82) is 0 Å². The van der Waals surface area contributed by atoms with Crippen molar-refractivity contribution in [3.8, 4) is 0 Å². The number of piperidine rings is 1. The van der Waals surface area contributed by atoms with Crippen LogP contribution in [-0.2, 0) is 16.1 Å². The number of nitrogens with two attached hydrogens (primary N) is 1. The summed E-state index contributed by atoms with van der Waals surface area (Å²) in [4.78, 5) is 52.7. The smallest absolute Gasteiger partial charge is 0.262 e. The minimum atomic E-state index is -0.944. The largest absolute Gasteiger partial charge is 0.330 e. The maximum Gasteiger partial charge on any atom is 0.262 e. The molecule has 0 radical (unpaired) electrons. The van der Waals surface area contributed by atoms with Crippen LogP contribution in [-0.4, -0.2) is 72.7 Å². The summed E-state index contributed by atoms with van der Waals surface area (Å²) in [5.41, 5.74) is 6.91. The fourth-order valence-electron chi connectivity index (χ4n) is 3.90. The molecule has 2 heterocycles. The fraction of sp³-hybridized carbons (Fsp3) is 0.524. The van der Waals surface area contributed by atoms with Gasteiger partial charge in [-0.1, -0.05) is 12.1 Å². The van der Waals surface area contributed by atoms with E-state index in [-0.39, 0.29) is 18.7 Å². The summed E-state index contributed by atoms with van der Waals surface area (Å²) < 4.78 is 0. The Morgan fingerprint density at radius 1 is 1.17 bits per heavy atom. The van der Waals surface area contributed by atoms with Gasteiger partial charge in [0.05, 0.1) is 11.1 Å². The van der Waals surface area contributed by atoms with Crippen molar-refractivity contribution < 1.29 is 19.2 Å². The number of carbonyl (C=O) groups excluding carboxylic acids is 4. The first-order valence-corrected chi connectivity index (χ1v) is 10.4. The third-order valence-corrected chi connectivity index (χ3v) is 5.51. The summed E-state index contributed by atoms with van der Waals surface area (Å²) in [6.07, 6.45) is 2.19. The molecule has 1 unspecified atom stereocenters. The molecule has 0 saturated carbocycles. The van der Waals surface area contributed by atoms with E-state index in [9.17, 15) is 19.2 Å². The van der Waals surface area contributed by atoms with E-state index in [0.717, 1.165) is 42.9 Å². The van der Waals surface area contributed by atoms with Gasteiger partial charge in [-0.25, -0.2) is 0 Å². The normalized spacial score (nSPS) is 18.9. The number of nitrogens with zero attached hydrogens (tertiary/aromatic N) is 2. The predicted octanol–water partition coefficient (Wildman–Crippen LogP) is -0.152. The molecule has 1 atom stereocenters. The van der Waals surface area contributed by atoms with Gasteiger partial charge in [-0.2, -0.15) is 0 Å². The maximum absolute atomic E-state index is 13.0. The van der Waals surface area contributed by atoms with E-state index in [0.29, 0.717) is 24.2 Å². The SMILES string of the molecule is CN(CCCN)CCCNCc1cccc2c1C(=O)N(C1CCC(=O)NC1=O)C2=O. The highest BCUT2D eigenvalue weighted by atomic mass is 16.2. The molecule has 4 amide bonds. The highest BCUT2D eigenvalue weighted by molar-refractivity contribution is 6.24. The van der Waals surface area contributed by atoms with Crippen LogP contribution in [0, 0.1) is 0 Å². The number of hydrogen-bond donors (Lipinski definition) is 3. The Labute approximate surface area is 175 Å².